The van der Waals surface area contributed by atoms with Gasteiger partial charge < -0.3 is 26.0 Å². The van der Waals surface area contributed by atoms with Crippen LogP contribution in [0.5, 0.6) is 0 Å². The molecule has 0 spiro atoms. The lowest BCUT2D eigenvalue weighted by molar-refractivity contribution is -0.203. The highest BCUT2D eigenvalue weighted by molar-refractivity contribution is 7.99. The average Bonchev–Trinajstić information content (AvgIpc) is 3.36. The van der Waals surface area contributed by atoms with Crippen LogP contribution < -0.4 is 11.1 Å². The van der Waals surface area contributed by atoms with Gasteiger partial charge in [0.2, 0.25) is 0 Å². The Kier molecular flexibility index (Phi) is 6.71. The lowest BCUT2D eigenvalue weighted by Gasteiger charge is -2.64. The number of nitrogens with two attached hydrogens (primary N) is 1. The molecule has 4 aliphatic carbocycles. The van der Waals surface area contributed by atoms with Gasteiger partial charge in [0.05, 0.1) is 11.7 Å². The number of hydrogen-bond donors (Lipinski definition) is 5. The van der Waals surface area contributed by atoms with Crippen LogP contribution in [-0.4, -0.2) is 58.0 Å². The largest absolute Gasteiger partial charge is 0.458 e. The molecule has 0 aromatic heterocycles. The van der Waals surface area contributed by atoms with Crippen molar-refractivity contribution in [2.24, 2.45) is 40.2 Å². The summed E-state index contributed by atoms with van der Waals surface area (Å²) in [7, 11) is 0. The van der Waals surface area contributed by atoms with Crippen molar-refractivity contribution in [1.29, 1.82) is 5.41 Å². The summed E-state index contributed by atoms with van der Waals surface area (Å²) in [6.45, 7) is 5.53. The molecule has 196 valence electrons. The van der Waals surface area contributed by atoms with Crippen molar-refractivity contribution in [2.45, 2.75) is 88.6 Å². The molecule has 1 heterocycles. The van der Waals surface area contributed by atoms with Crippen LogP contribution in [0.2, 0.25) is 0 Å². The average molecular weight is 506 g/mol. The number of rotatable bonds is 6. The summed E-state index contributed by atoms with van der Waals surface area (Å²) in [4.78, 5) is 11.8. The van der Waals surface area contributed by atoms with Crippen molar-refractivity contribution in [1.82, 2.24) is 5.32 Å². The molecule has 4 saturated carbocycles. The maximum absolute atomic E-state index is 12.3. The van der Waals surface area contributed by atoms with E-state index >= 15 is 0 Å². The second-order valence-corrected chi connectivity index (χ2v) is 13.8. The number of aliphatic hydroxyl groups is 2. The van der Waals surface area contributed by atoms with E-state index in [4.69, 9.17) is 15.9 Å². The first-order valence-corrected chi connectivity index (χ1v) is 14.6. The topological polar surface area (TPSA) is 129 Å². The number of carbonyl (C=O) groups excluding carboxylic acids is 1. The number of nitrogens with one attached hydrogen (secondary N) is 2. The molecule has 9 atom stereocenters. The number of cyclic esters (lactones) is 1. The molecule has 0 saturated heterocycles. The number of guanidine groups is 1. The van der Waals surface area contributed by atoms with Crippen molar-refractivity contribution < 1.29 is 19.7 Å². The van der Waals surface area contributed by atoms with Crippen LogP contribution in [0.1, 0.15) is 71.6 Å². The van der Waals surface area contributed by atoms with Crippen molar-refractivity contribution in [3.05, 3.63) is 11.6 Å². The number of hydrogen-bond acceptors (Lipinski definition) is 6. The summed E-state index contributed by atoms with van der Waals surface area (Å²) in [6.07, 6.45) is 11.0. The monoisotopic (exact) mass is 505 g/mol. The smallest absolute Gasteiger partial charge is 0.331 e. The zero-order chi connectivity index (χ0) is 25.0. The Labute approximate surface area is 213 Å². The number of esters is 1. The summed E-state index contributed by atoms with van der Waals surface area (Å²) in [5.41, 5.74) is 5.88. The molecular weight excluding hydrogens is 462 g/mol. The van der Waals surface area contributed by atoms with E-state index < -0.39 is 11.7 Å². The van der Waals surface area contributed by atoms with E-state index in [9.17, 15) is 15.0 Å². The van der Waals surface area contributed by atoms with Crippen LogP contribution in [0, 0.1) is 39.9 Å². The van der Waals surface area contributed by atoms with Gasteiger partial charge in [-0.15, -0.1) is 0 Å². The first-order valence-electron chi connectivity index (χ1n) is 13.5. The van der Waals surface area contributed by atoms with Crippen molar-refractivity contribution in [2.75, 3.05) is 18.9 Å². The van der Waals surface area contributed by atoms with Gasteiger partial charge in [-0.05, 0) is 92.4 Å². The second kappa shape index (κ2) is 9.25. The zero-order valence-electron chi connectivity index (χ0n) is 21.2. The Morgan fingerprint density at radius 3 is 2.74 bits per heavy atom. The summed E-state index contributed by atoms with van der Waals surface area (Å²) >= 11 is 1.87. The number of aliphatic hydroxyl groups excluding tert-OH is 1. The Morgan fingerprint density at radius 2 is 2.03 bits per heavy atom. The molecule has 7 nitrogen and oxygen atoms in total. The maximum Gasteiger partial charge on any atom is 0.331 e. The summed E-state index contributed by atoms with van der Waals surface area (Å²) < 4.78 is 5.25. The van der Waals surface area contributed by atoms with Crippen molar-refractivity contribution >= 4 is 23.7 Å². The van der Waals surface area contributed by atoms with E-state index in [2.05, 4.69) is 19.2 Å². The first kappa shape index (κ1) is 25.4. The maximum atomic E-state index is 12.3. The molecule has 35 heavy (non-hydrogen) atoms. The fourth-order valence-corrected chi connectivity index (χ4v) is 10.3. The number of fused-ring (bicyclic) bond motifs is 5. The van der Waals surface area contributed by atoms with Gasteiger partial charge in [0, 0.05) is 29.0 Å². The van der Waals surface area contributed by atoms with E-state index in [0.29, 0.717) is 41.9 Å². The summed E-state index contributed by atoms with van der Waals surface area (Å²) in [5.74, 6) is 2.18. The van der Waals surface area contributed by atoms with E-state index in [1.54, 1.807) is 6.08 Å². The highest BCUT2D eigenvalue weighted by Crippen LogP contribution is 2.70. The molecule has 8 heteroatoms. The molecular formula is C27H43N3O4S. The lowest BCUT2D eigenvalue weighted by Crippen LogP contribution is -2.62. The van der Waals surface area contributed by atoms with Gasteiger partial charge >= 0.3 is 5.97 Å². The van der Waals surface area contributed by atoms with E-state index in [1.165, 1.54) is 32.1 Å². The van der Waals surface area contributed by atoms with Crippen LogP contribution in [0.15, 0.2) is 11.6 Å². The lowest BCUT2D eigenvalue weighted by atomic mass is 9.43. The Morgan fingerprint density at radius 1 is 1.23 bits per heavy atom. The molecule has 0 radical (unpaired) electrons. The number of thioether (sulfide) groups is 1. The summed E-state index contributed by atoms with van der Waals surface area (Å²) in [5, 5.41) is 33.1. The van der Waals surface area contributed by atoms with Crippen molar-refractivity contribution in [3.8, 4) is 0 Å². The van der Waals surface area contributed by atoms with Gasteiger partial charge in [0.1, 0.15) is 6.61 Å². The molecule has 0 aromatic carbocycles. The predicted octanol–water partition coefficient (Wildman–Crippen LogP) is 3.19. The second-order valence-electron chi connectivity index (χ2n) is 12.5. The van der Waals surface area contributed by atoms with Gasteiger partial charge in [0.15, 0.2) is 5.96 Å². The number of carbonyl (C=O) groups is 1. The molecule has 1 unspecified atom stereocenters. The van der Waals surface area contributed by atoms with Gasteiger partial charge in [-0.3, -0.25) is 5.41 Å². The molecule has 1 aliphatic heterocycles. The Hall–Kier alpha value is -1.25. The van der Waals surface area contributed by atoms with Crippen LogP contribution >= 0.6 is 11.8 Å². The van der Waals surface area contributed by atoms with Gasteiger partial charge in [0.25, 0.3) is 0 Å². The SMILES string of the molecule is C[C@]12CC[C@H](SCC(O)CNC(=N)N)C[C@H]1CC[C@@H]1[C@@H]2CC[C@]2(C)[C@@H](C3=CC(=O)OC3)CC[C@]12O. The number of ether oxygens (including phenoxy) is 1. The molecule has 4 fully saturated rings. The summed E-state index contributed by atoms with van der Waals surface area (Å²) in [6, 6.07) is 0. The Bertz CT molecular complexity index is 898. The first-order chi connectivity index (χ1) is 16.6. The van der Waals surface area contributed by atoms with Gasteiger partial charge in [-0.25, -0.2) is 4.79 Å². The van der Waals surface area contributed by atoms with Gasteiger partial charge in [-0.1, -0.05) is 13.8 Å². The molecule has 5 rings (SSSR count). The Balaban J connectivity index is 1.25. The van der Waals surface area contributed by atoms with Crippen LogP contribution in [0.25, 0.3) is 0 Å². The normalized spacial score (nSPS) is 45.5. The molecule has 0 amide bonds. The minimum Gasteiger partial charge on any atom is -0.458 e. The van der Waals surface area contributed by atoms with E-state index in [-0.39, 0.29) is 28.7 Å². The molecule has 0 bridgehead atoms. The van der Waals surface area contributed by atoms with Crippen LogP contribution in [0.4, 0.5) is 0 Å². The fraction of sp³-hybridized carbons (Fsp3) is 0.852. The quantitative estimate of drug-likeness (QED) is 0.213. The van der Waals surface area contributed by atoms with Crippen LogP contribution in [0.3, 0.4) is 0 Å². The minimum absolute atomic E-state index is 0.0974. The standard InChI is InChI=1S/C27H43N3O4S/c1-25-8-5-19(35-15-18(31)13-30-24(28)29)12-17(25)3-4-22-21(25)6-9-26(2)20(7-10-27(22,26)33)16-11-23(32)34-14-16/h11,17-22,31,33H,3-10,12-15H2,1-2H3,(H4,28,29,30)/t17-,18?,19+,20-,21+,22-,25+,26-,27+/m1/s1. The molecule has 6 N–H and O–H groups in total. The third-order valence-electron chi connectivity index (χ3n) is 11.0. The highest BCUT2D eigenvalue weighted by Gasteiger charge is 2.67. The fourth-order valence-electron chi connectivity index (χ4n) is 9.06. The van der Waals surface area contributed by atoms with Crippen LogP contribution in [-0.2, 0) is 9.53 Å². The highest BCUT2D eigenvalue weighted by atomic mass is 32.2. The van der Waals surface area contributed by atoms with E-state index in [1.807, 2.05) is 11.8 Å². The molecule has 0 aromatic rings. The zero-order valence-corrected chi connectivity index (χ0v) is 22.0. The van der Waals surface area contributed by atoms with Gasteiger partial charge in [-0.2, -0.15) is 11.8 Å². The minimum atomic E-state index is -0.652. The predicted molar refractivity (Wildman–Crippen MR) is 138 cm³/mol. The van der Waals surface area contributed by atoms with E-state index in [0.717, 1.165) is 31.3 Å². The van der Waals surface area contributed by atoms with Crippen molar-refractivity contribution in [3.63, 3.8) is 0 Å². The molecule has 5 aliphatic rings. The third kappa shape index (κ3) is 4.21. The third-order valence-corrected chi connectivity index (χ3v) is 12.5.